The second kappa shape index (κ2) is 8.77. The van der Waals surface area contributed by atoms with E-state index in [-0.39, 0.29) is 15.6 Å². The molecular formula is C21H26N2O4S2. The molecule has 1 aliphatic rings. The quantitative estimate of drug-likeness (QED) is 0.722. The minimum atomic E-state index is -4.19. The van der Waals surface area contributed by atoms with Gasteiger partial charge in [0.05, 0.1) is 15.8 Å². The summed E-state index contributed by atoms with van der Waals surface area (Å²) in [7, 11) is -7.78. The summed E-state index contributed by atoms with van der Waals surface area (Å²) < 4.78 is 46.4. The molecule has 0 bridgehead atoms. The highest BCUT2D eigenvalue weighted by molar-refractivity contribution is 8.02. The van der Waals surface area contributed by atoms with Crippen LogP contribution in [0.15, 0.2) is 62.1 Å². The molecule has 0 heterocycles. The predicted molar refractivity (Wildman–Crippen MR) is 113 cm³/mol. The molecule has 2 unspecified atom stereocenters. The number of rotatable bonds is 5. The zero-order valence-corrected chi connectivity index (χ0v) is 18.3. The average Bonchev–Trinajstić information content (AvgIpc) is 2.86. The van der Waals surface area contributed by atoms with E-state index in [0.717, 1.165) is 30.4 Å². The number of nitrogens with zero attached hydrogens (tertiary/aromatic N) is 1. The number of benzene rings is 2. The summed E-state index contributed by atoms with van der Waals surface area (Å²) in [6.45, 7) is 3.73. The molecule has 1 saturated carbocycles. The van der Waals surface area contributed by atoms with Crippen molar-refractivity contribution in [3.05, 3.63) is 59.7 Å². The van der Waals surface area contributed by atoms with Crippen molar-refractivity contribution >= 4 is 25.7 Å². The molecule has 0 aromatic heterocycles. The molecule has 2 aromatic carbocycles. The standard InChI is InChI=1S/C21H26N2O4S2/c1-16-8-12-18(13-9-16)28(25,22-20-6-4-3-5-7-21(20)24)23-29(26,27)19-14-10-17(2)11-15-19/h8-15,20H,3-7H2,1-2H3,(H,22,23,25). The zero-order chi connectivity index (χ0) is 21.1. The predicted octanol–water partition coefficient (Wildman–Crippen LogP) is 3.93. The summed E-state index contributed by atoms with van der Waals surface area (Å²) in [6.07, 6.45) is 3.45. The summed E-state index contributed by atoms with van der Waals surface area (Å²) in [5, 5.41) is 0. The van der Waals surface area contributed by atoms with Crippen molar-refractivity contribution in [3.63, 3.8) is 0 Å². The fourth-order valence-corrected chi connectivity index (χ4v) is 6.95. The van der Waals surface area contributed by atoms with E-state index < -0.39 is 26.0 Å². The van der Waals surface area contributed by atoms with Crippen LogP contribution in [-0.2, 0) is 24.7 Å². The van der Waals surface area contributed by atoms with Crippen LogP contribution in [-0.4, -0.2) is 24.5 Å². The van der Waals surface area contributed by atoms with Crippen LogP contribution >= 0.6 is 0 Å². The van der Waals surface area contributed by atoms with Gasteiger partial charge in [0.2, 0.25) is 0 Å². The molecule has 1 fully saturated rings. The van der Waals surface area contributed by atoms with Gasteiger partial charge in [0.1, 0.15) is 0 Å². The SMILES string of the molecule is Cc1ccc(S(=O)(=O)N=S(=O)(NC2CCCCCC2=O)c2ccc(C)cc2)cc1. The van der Waals surface area contributed by atoms with Gasteiger partial charge < -0.3 is 0 Å². The maximum Gasteiger partial charge on any atom is 0.291 e. The Morgan fingerprint density at radius 2 is 1.38 bits per heavy atom. The molecule has 1 aliphatic carbocycles. The minimum absolute atomic E-state index is 0.0306. The first kappa shape index (κ1) is 21.7. The third kappa shape index (κ3) is 5.32. The van der Waals surface area contributed by atoms with Crippen LogP contribution in [0.5, 0.6) is 0 Å². The third-order valence-electron chi connectivity index (χ3n) is 4.97. The number of sulfonamides is 1. The highest BCUT2D eigenvalue weighted by Crippen LogP contribution is 2.22. The van der Waals surface area contributed by atoms with Crippen molar-refractivity contribution in [1.82, 2.24) is 4.72 Å². The van der Waals surface area contributed by atoms with Gasteiger partial charge in [-0.2, -0.15) is 8.42 Å². The van der Waals surface area contributed by atoms with Crippen LogP contribution in [0, 0.1) is 13.8 Å². The number of nitrogens with one attached hydrogen (secondary N) is 1. The molecule has 0 saturated heterocycles. The Hall–Kier alpha value is -2.03. The van der Waals surface area contributed by atoms with Gasteiger partial charge in [-0.05, 0) is 51.0 Å². The summed E-state index contributed by atoms with van der Waals surface area (Å²) in [4.78, 5) is 12.7. The van der Waals surface area contributed by atoms with Gasteiger partial charge in [0, 0.05) is 6.42 Å². The lowest BCUT2D eigenvalue weighted by molar-refractivity contribution is -0.120. The molecule has 0 radical (unpaired) electrons. The monoisotopic (exact) mass is 434 g/mol. The molecule has 2 aromatic rings. The average molecular weight is 435 g/mol. The van der Waals surface area contributed by atoms with E-state index in [9.17, 15) is 17.4 Å². The van der Waals surface area contributed by atoms with Crippen molar-refractivity contribution < 1.29 is 17.4 Å². The number of hydrogen-bond acceptors (Lipinski definition) is 4. The topological polar surface area (TPSA) is 92.7 Å². The second-order valence-electron chi connectivity index (χ2n) is 7.44. The summed E-state index contributed by atoms with van der Waals surface area (Å²) in [5.74, 6) is -0.0507. The largest absolute Gasteiger partial charge is 0.298 e. The fourth-order valence-electron chi connectivity index (χ4n) is 3.22. The Bertz CT molecular complexity index is 1100. The van der Waals surface area contributed by atoms with E-state index in [1.807, 2.05) is 13.8 Å². The lowest BCUT2D eigenvalue weighted by atomic mass is 10.1. The van der Waals surface area contributed by atoms with Gasteiger partial charge in [0.15, 0.2) is 15.7 Å². The van der Waals surface area contributed by atoms with E-state index in [2.05, 4.69) is 8.49 Å². The molecule has 0 amide bonds. The Kier molecular flexibility index (Phi) is 6.55. The Labute approximate surface area is 173 Å². The maximum absolute atomic E-state index is 13.9. The molecule has 0 aliphatic heterocycles. The van der Waals surface area contributed by atoms with Crippen LogP contribution < -0.4 is 4.72 Å². The molecule has 156 valence electrons. The van der Waals surface area contributed by atoms with E-state index in [1.165, 1.54) is 12.1 Å². The second-order valence-corrected chi connectivity index (χ2v) is 11.2. The third-order valence-corrected chi connectivity index (χ3v) is 8.98. The molecule has 2 atom stereocenters. The molecule has 0 spiro atoms. The van der Waals surface area contributed by atoms with Crippen LogP contribution in [0.1, 0.15) is 43.2 Å². The summed E-state index contributed by atoms with van der Waals surface area (Å²) in [6, 6.07) is 12.2. The molecule has 29 heavy (non-hydrogen) atoms. The van der Waals surface area contributed by atoms with Gasteiger partial charge >= 0.3 is 0 Å². The number of ketones is 1. The van der Waals surface area contributed by atoms with Crippen molar-refractivity contribution in [1.29, 1.82) is 0 Å². The first-order valence-corrected chi connectivity index (χ1v) is 12.6. The van der Waals surface area contributed by atoms with Gasteiger partial charge in [-0.3, -0.25) is 4.79 Å². The van der Waals surface area contributed by atoms with Crippen molar-refractivity contribution in [2.75, 3.05) is 0 Å². The molecule has 1 N–H and O–H groups in total. The molecule has 6 nitrogen and oxygen atoms in total. The fraction of sp³-hybridized carbons (Fsp3) is 0.381. The van der Waals surface area contributed by atoms with Crippen molar-refractivity contribution in [3.8, 4) is 0 Å². The van der Waals surface area contributed by atoms with Gasteiger partial charge in [-0.25, -0.2) is 8.93 Å². The number of Topliss-reactive ketones (excluding diaryl/α,β-unsaturated/α-hetero) is 1. The lowest BCUT2D eigenvalue weighted by Crippen LogP contribution is -2.40. The summed E-state index contributed by atoms with van der Waals surface area (Å²) in [5.41, 5.74) is 1.85. The number of carbonyl (C=O) groups is 1. The molecule has 3 rings (SSSR count). The van der Waals surface area contributed by atoms with Crippen LogP contribution in [0.2, 0.25) is 0 Å². The van der Waals surface area contributed by atoms with Gasteiger partial charge in [-0.1, -0.05) is 52.0 Å². The zero-order valence-electron chi connectivity index (χ0n) is 16.6. The van der Waals surface area contributed by atoms with Crippen LogP contribution in [0.25, 0.3) is 0 Å². The van der Waals surface area contributed by atoms with Crippen LogP contribution in [0.4, 0.5) is 0 Å². The Morgan fingerprint density at radius 1 is 0.828 bits per heavy atom. The first-order chi connectivity index (χ1) is 13.7. The van der Waals surface area contributed by atoms with Crippen molar-refractivity contribution in [2.45, 2.75) is 61.8 Å². The maximum atomic E-state index is 13.9. The van der Waals surface area contributed by atoms with Gasteiger partial charge in [-0.15, -0.1) is 0 Å². The van der Waals surface area contributed by atoms with E-state index in [1.54, 1.807) is 36.4 Å². The van der Waals surface area contributed by atoms with Crippen LogP contribution in [0.3, 0.4) is 0 Å². The Morgan fingerprint density at radius 3 is 1.97 bits per heavy atom. The number of hydrogen-bond donors (Lipinski definition) is 1. The smallest absolute Gasteiger partial charge is 0.291 e. The van der Waals surface area contributed by atoms with Crippen molar-refractivity contribution in [2.24, 2.45) is 3.77 Å². The summed E-state index contributed by atoms with van der Waals surface area (Å²) >= 11 is 0. The highest BCUT2D eigenvalue weighted by Gasteiger charge is 2.28. The number of carbonyl (C=O) groups excluding carboxylic acids is 1. The highest BCUT2D eigenvalue weighted by atomic mass is 32.3. The normalized spacial score (nSPS) is 19.9. The molecule has 8 heteroatoms. The van der Waals surface area contributed by atoms with E-state index in [0.29, 0.717) is 12.8 Å². The lowest BCUT2D eigenvalue weighted by Gasteiger charge is -2.19. The molecular weight excluding hydrogens is 408 g/mol. The Balaban J connectivity index is 2.10. The van der Waals surface area contributed by atoms with E-state index >= 15 is 0 Å². The minimum Gasteiger partial charge on any atom is -0.298 e. The van der Waals surface area contributed by atoms with Gasteiger partial charge in [0.25, 0.3) is 10.0 Å². The number of aryl methyl sites for hydroxylation is 2. The first-order valence-electron chi connectivity index (χ1n) is 9.66. The van der Waals surface area contributed by atoms with E-state index in [4.69, 9.17) is 0 Å².